The Kier molecular flexibility index (Phi) is 3.40. The molecule has 102 valence electrons. The molecule has 0 saturated heterocycles. The molecule has 0 atom stereocenters. The molecular formula is C12H15BrN4O2. The molecule has 2 N–H and O–H groups in total. The first-order valence-electron chi connectivity index (χ1n) is 6.41. The number of rotatable bonds is 1. The molecule has 7 heteroatoms. The maximum absolute atomic E-state index is 12.2. The average molecular weight is 329 g/mol. The van der Waals surface area contributed by atoms with Crippen LogP contribution in [0, 0.1) is 0 Å². The number of nitrogens with zero attached hydrogens (tertiary/aromatic N) is 3. The molecule has 2 aliphatic rings. The quantitative estimate of drug-likeness (QED) is 0.760. The first kappa shape index (κ1) is 12.8. The van der Waals surface area contributed by atoms with E-state index in [4.69, 9.17) is 0 Å². The molecule has 1 aromatic rings. The summed E-state index contributed by atoms with van der Waals surface area (Å²) in [5.41, 5.74) is 0. The number of aromatic nitrogens is 2. The number of halogens is 1. The number of nitrogens with one attached hydrogen (secondary N) is 1. The second-order valence-electron chi connectivity index (χ2n) is 4.94. The van der Waals surface area contributed by atoms with Crippen LogP contribution in [0.2, 0.25) is 0 Å². The fraction of sp³-hybridized carbons (Fsp3) is 0.583. The van der Waals surface area contributed by atoms with Gasteiger partial charge in [-0.15, -0.1) is 0 Å². The van der Waals surface area contributed by atoms with Crippen LogP contribution in [0.5, 0.6) is 0 Å². The largest absolute Gasteiger partial charge is 0.393 e. The fourth-order valence-electron chi connectivity index (χ4n) is 2.71. The molecule has 6 nitrogen and oxygen atoms in total. The number of aliphatic hydroxyl groups excluding tert-OH is 1. The number of carbonyl (C=O) groups is 1. The van der Waals surface area contributed by atoms with Gasteiger partial charge < -0.3 is 10.4 Å². The maximum atomic E-state index is 12.2. The van der Waals surface area contributed by atoms with Gasteiger partial charge in [0.15, 0.2) is 11.6 Å². The second-order valence-corrected chi connectivity index (χ2v) is 5.76. The van der Waals surface area contributed by atoms with Crippen LogP contribution in [0.25, 0.3) is 0 Å². The lowest BCUT2D eigenvalue weighted by Gasteiger charge is -2.37. The van der Waals surface area contributed by atoms with Crippen LogP contribution in [0.1, 0.15) is 25.7 Å². The van der Waals surface area contributed by atoms with Gasteiger partial charge >= 0.3 is 0 Å². The summed E-state index contributed by atoms with van der Waals surface area (Å²) in [5.74, 6) is 1.25. The highest BCUT2D eigenvalue weighted by Crippen LogP contribution is 2.33. The SMILES string of the molecule is O=[13C]1[13CH2]Nc2ncc(Br)nc2N1C1CCC(O)CC1. The number of hydrogen-bond donors (Lipinski definition) is 2. The average Bonchev–Trinajstić information content (AvgIpc) is 2.40. The van der Waals surface area contributed by atoms with Crippen molar-refractivity contribution in [1.29, 1.82) is 0 Å². The summed E-state index contributed by atoms with van der Waals surface area (Å²) in [6, 6.07) is 0.111. The molecule has 1 aliphatic heterocycles. The van der Waals surface area contributed by atoms with Gasteiger partial charge in [-0.05, 0) is 41.6 Å². The summed E-state index contributed by atoms with van der Waals surface area (Å²) in [7, 11) is 0. The topological polar surface area (TPSA) is 78.4 Å². The van der Waals surface area contributed by atoms with E-state index in [-0.39, 0.29) is 24.6 Å². The smallest absolute Gasteiger partial charge is 0.247 e. The zero-order valence-corrected chi connectivity index (χ0v) is 11.9. The Labute approximate surface area is 119 Å². The third kappa shape index (κ3) is 2.44. The zero-order valence-electron chi connectivity index (χ0n) is 10.3. The standard InChI is InChI=1S/C12H15BrN4O2/c13-9-5-14-11-12(16-9)17(10(19)6-15-11)7-1-3-8(18)4-2-7/h5,7-8,18H,1-4,6H2,(H,14,15)/i6+1,10+1. The monoisotopic (exact) mass is 328 g/mol. The van der Waals surface area contributed by atoms with Gasteiger partial charge in [-0.25, -0.2) is 9.97 Å². The van der Waals surface area contributed by atoms with Crippen molar-refractivity contribution in [3.8, 4) is 0 Å². The van der Waals surface area contributed by atoms with E-state index in [9.17, 15) is 9.90 Å². The van der Waals surface area contributed by atoms with Crippen molar-refractivity contribution >= 4 is 33.5 Å². The van der Waals surface area contributed by atoms with Crippen LogP contribution in [0.15, 0.2) is 10.8 Å². The molecule has 1 aliphatic carbocycles. The molecule has 1 fully saturated rings. The summed E-state index contributed by atoms with van der Waals surface area (Å²) < 4.78 is 0.614. The molecule has 19 heavy (non-hydrogen) atoms. The Morgan fingerprint density at radius 2 is 2.11 bits per heavy atom. The summed E-state index contributed by atoms with van der Waals surface area (Å²) in [4.78, 5) is 22.5. The van der Waals surface area contributed by atoms with E-state index in [0.29, 0.717) is 16.2 Å². The van der Waals surface area contributed by atoms with Gasteiger partial charge in [-0.1, -0.05) is 0 Å². The Morgan fingerprint density at radius 3 is 2.84 bits per heavy atom. The van der Waals surface area contributed by atoms with E-state index in [0.717, 1.165) is 25.7 Å². The molecule has 0 aromatic carbocycles. The van der Waals surface area contributed by atoms with Crippen molar-refractivity contribution in [2.75, 3.05) is 16.8 Å². The highest BCUT2D eigenvalue weighted by Gasteiger charge is 2.34. The van der Waals surface area contributed by atoms with E-state index in [1.54, 1.807) is 11.1 Å². The zero-order chi connectivity index (χ0) is 13.4. The van der Waals surface area contributed by atoms with Gasteiger partial charge in [0.2, 0.25) is 5.91 Å². The highest BCUT2D eigenvalue weighted by atomic mass is 79.9. The lowest BCUT2D eigenvalue weighted by atomic mass is 9.92. The Morgan fingerprint density at radius 1 is 1.37 bits per heavy atom. The van der Waals surface area contributed by atoms with Crippen LogP contribution >= 0.6 is 15.9 Å². The predicted octanol–water partition coefficient (Wildman–Crippen LogP) is 1.30. The lowest BCUT2D eigenvalue weighted by Crippen LogP contribution is -2.49. The van der Waals surface area contributed by atoms with Gasteiger partial charge in [-0.3, -0.25) is 9.69 Å². The van der Waals surface area contributed by atoms with E-state index in [1.807, 2.05) is 0 Å². The first-order valence-corrected chi connectivity index (χ1v) is 7.21. The number of amides is 1. The van der Waals surface area contributed by atoms with Crippen molar-refractivity contribution < 1.29 is 9.90 Å². The van der Waals surface area contributed by atoms with E-state index >= 15 is 0 Å². The minimum absolute atomic E-state index is 0.0151. The van der Waals surface area contributed by atoms with Crippen molar-refractivity contribution in [2.45, 2.75) is 37.8 Å². The van der Waals surface area contributed by atoms with Crippen LogP contribution < -0.4 is 10.2 Å². The maximum Gasteiger partial charge on any atom is 0.247 e. The number of aliphatic hydroxyl groups is 1. The Hall–Kier alpha value is -1.21. The van der Waals surface area contributed by atoms with Gasteiger partial charge in [0, 0.05) is 6.04 Å². The van der Waals surface area contributed by atoms with Crippen LogP contribution in [-0.4, -0.2) is 39.7 Å². The molecule has 3 rings (SSSR count). The second kappa shape index (κ2) is 5.05. The lowest BCUT2D eigenvalue weighted by molar-refractivity contribution is -0.118. The minimum Gasteiger partial charge on any atom is -0.393 e. The van der Waals surface area contributed by atoms with Crippen LogP contribution in [0.4, 0.5) is 11.6 Å². The van der Waals surface area contributed by atoms with Gasteiger partial charge in [0.1, 0.15) is 4.60 Å². The van der Waals surface area contributed by atoms with Crippen molar-refractivity contribution in [1.82, 2.24) is 9.97 Å². The molecule has 0 spiro atoms. The van der Waals surface area contributed by atoms with E-state index < -0.39 is 0 Å². The third-order valence-electron chi connectivity index (χ3n) is 3.66. The Balaban J connectivity index is 1.92. The molecular weight excluding hydrogens is 314 g/mol. The minimum atomic E-state index is -0.234. The predicted molar refractivity (Wildman–Crippen MR) is 74.0 cm³/mol. The number of carbonyl (C=O) groups excluding carboxylic acids is 1. The van der Waals surface area contributed by atoms with Crippen molar-refractivity contribution in [3.05, 3.63) is 10.8 Å². The van der Waals surface area contributed by atoms with Gasteiger partial charge in [-0.2, -0.15) is 0 Å². The molecule has 1 saturated carbocycles. The number of anilines is 2. The molecule has 1 amide bonds. The van der Waals surface area contributed by atoms with Crippen molar-refractivity contribution in [3.63, 3.8) is 0 Å². The summed E-state index contributed by atoms with van der Waals surface area (Å²) in [6.45, 7) is 0.252. The van der Waals surface area contributed by atoms with Crippen LogP contribution in [-0.2, 0) is 4.79 Å². The van der Waals surface area contributed by atoms with Crippen LogP contribution in [0.3, 0.4) is 0 Å². The molecule has 0 unspecified atom stereocenters. The number of fused-ring (bicyclic) bond motifs is 1. The first-order chi connectivity index (χ1) is 9.15. The molecule has 1 aromatic heterocycles. The van der Waals surface area contributed by atoms with E-state index in [1.165, 1.54) is 0 Å². The van der Waals surface area contributed by atoms with Gasteiger partial charge in [0.05, 0.1) is 18.8 Å². The van der Waals surface area contributed by atoms with Gasteiger partial charge in [0.25, 0.3) is 0 Å². The molecule has 0 radical (unpaired) electrons. The molecule has 2 heterocycles. The fourth-order valence-corrected chi connectivity index (χ4v) is 2.98. The van der Waals surface area contributed by atoms with E-state index in [2.05, 4.69) is 31.2 Å². The highest BCUT2D eigenvalue weighted by molar-refractivity contribution is 9.10. The van der Waals surface area contributed by atoms with Crippen molar-refractivity contribution in [2.24, 2.45) is 0 Å². The Bertz CT molecular complexity index is 503. The summed E-state index contributed by atoms with van der Waals surface area (Å²) >= 11 is 3.29. The summed E-state index contributed by atoms with van der Waals surface area (Å²) in [6.07, 6.45) is 4.46. The summed E-state index contributed by atoms with van der Waals surface area (Å²) in [5, 5.41) is 12.6. The number of hydrogen-bond acceptors (Lipinski definition) is 5. The normalized spacial score (nSPS) is 26.8. The third-order valence-corrected chi connectivity index (χ3v) is 4.04. The molecule has 0 bridgehead atoms.